The van der Waals surface area contributed by atoms with Gasteiger partial charge in [0.15, 0.2) is 6.61 Å². The first kappa shape index (κ1) is 25.9. The van der Waals surface area contributed by atoms with Crippen LogP contribution in [0.5, 0.6) is 5.75 Å². The summed E-state index contributed by atoms with van der Waals surface area (Å²) in [5, 5.41) is 3.88. The number of nitrogens with one attached hydrogen (secondary N) is 1. The van der Waals surface area contributed by atoms with Gasteiger partial charge >= 0.3 is 5.97 Å². The summed E-state index contributed by atoms with van der Waals surface area (Å²) in [6, 6.07) is 13.6. The molecule has 10 heteroatoms. The maximum absolute atomic E-state index is 12.3. The Bertz CT molecular complexity index is 1110. The summed E-state index contributed by atoms with van der Waals surface area (Å²) in [5.74, 6) is -0.578. The van der Waals surface area contributed by atoms with Gasteiger partial charge in [0.05, 0.1) is 18.2 Å². The predicted octanol–water partition coefficient (Wildman–Crippen LogP) is 2.63. The van der Waals surface area contributed by atoms with Crippen LogP contribution in [0.1, 0.15) is 31.9 Å². The third kappa shape index (κ3) is 8.93. The first-order valence-corrected chi connectivity index (χ1v) is 12.0. The van der Waals surface area contributed by atoms with Crippen LogP contribution >= 0.6 is 0 Å². The van der Waals surface area contributed by atoms with Gasteiger partial charge in [0.1, 0.15) is 17.9 Å². The largest absolute Gasteiger partial charge is 0.482 e. The third-order valence-corrected chi connectivity index (χ3v) is 5.26. The van der Waals surface area contributed by atoms with Gasteiger partial charge in [0.2, 0.25) is 10.0 Å². The van der Waals surface area contributed by atoms with Crippen LogP contribution in [0.15, 0.2) is 53.6 Å². The van der Waals surface area contributed by atoms with Crippen molar-refractivity contribution in [2.24, 2.45) is 5.10 Å². The van der Waals surface area contributed by atoms with Gasteiger partial charge in [-0.2, -0.15) is 5.10 Å². The van der Waals surface area contributed by atoms with Gasteiger partial charge in [-0.25, -0.2) is 18.6 Å². The average molecular weight is 476 g/mol. The lowest BCUT2D eigenvalue weighted by Crippen LogP contribution is -2.39. The Balaban J connectivity index is 1.91. The van der Waals surface area contributed by atoms with Crippen molar-refractivity contribution < 1.29 is 27.5 Å². The van der Waals surface area contributed by atoms with Gasteiger partial charge in [-0.3, -0.25) is 9.10 Å². The fraction of sp³-hybridized carbons (Fsp3) is 0.348. The molecule has 9 nitrogen and oxygen atoms in total. The number of hydrazone groups is 1. The summed E-state index contributed by atoms with van der Waals surface area (Å²) in [5.41, 5.74) is 3.58. The molecule has 0 fully saturated rings. The minimum atomic E-state index is -3.67. The normalized spacial score (nSPS) is 11.8. The Morgan fingerprint density at radius 3 is 2.30 bits per heavy atom. The summed E-state index contributed by atoms with van der Waals surface area (Å²) >= 11 is 0. The van der Waals surface area contributed by atoms with Gasteiger partial charge in [-0.15, -0.1) is 0 Å². The van der Waals surface area contributed by atoms with Crippen molar-refractivity contribution in [1.29, 1.82) is 0 Å². The van der Waals surface area contributed by atoms with E-state index < -0.39 is 34.0 Å². The number of aryl methyl sites for hydroxylation is 1. The second-order valence-electron chi connectivity index (χ2n) is 8.29. The number of carbonyl (C=O) groups excluding carboxylic acids is 2. The first-order chi connectivity index (χ1) is 15.3. The van der Waals surface area contributed by atoms with E-state index in [0.29, 0.717) is 17.0 Å². The number of sulfonamides is 1. The van der Waals surface area contributed by atoms with E-state index >= 15 is 0 Å². The topological polar surface area (TPSA) is 114 Å². The van der Waals surface area contributed by atoms with Gasteiger partial charge in [-0.05, 0) is 69.2 Å². The molecule has 1 amide bonds. The number of hydrogen-bond donors (Lipinski definition) is 1. The fourth-order valence-electron chi connectivity index (χ4n) is 2.73. The highest BCUT2D eigenvalue weighted by Crippen LogP contribution is 2.21. The number of para-hydroxylation sites is 1. The maximum Gasteiger partial charge on any atom is 0.344 e. The number of hydrogen-bond acceptors (Lipinski definition) is 7. The van der Waals surface area contributed by atoms with Crippen LogP contribution in [0.25, 0.3) is 0 Å². The van der Waals surface area contributed by atoms with Crippen LogP contribution in [0, 0.1) is 6.92 Å². The van der Waals surface area contributed by atoms with E-state index in [1.165, 1.54) is 6.21 Å². The molecule has 0 radical (unpaired) electrons. The van der Waals surface area contributed by atoms with Crippen molar-refractivity contribution in [2.75, 3.05) is 23.7 Å². The zero-order chi connectivity index (χ0) is 24.6. The van der Waals surface area contributed by atoms with Crippen LogP contribution in [0.3, 0.4) is 0 Å². The van der Waals surface area contributed by atoms with E-state index in [4.69, 9.17) is 9.47 Å². The molecule has 33 heavy (non-hydrogen) atoms. The highest BCUT2D eigenvalue weighted by molar-refractivity contribution is 7.92. The fourth-order valence-corrected chi connectivity index (χ4v) is 3.65. The molecule has 2 aromatic carbocycles. The molecule has 0 saturated carbocycles. The smallest absolute Gasteiger partial charge is 0.344 e. The Kier molecular flexibility index (Phi) is 8.58. The summed E-state index contributed by atoms with van der Waals surface area (Å²) < 4.78 is 35.9. The highest BCUT2D eigenvalue weighted by atomic mass is 32.2. The molecule has 178 valence electrons. The molecule has 0 atom stereocenters. The average Bonchev–Trinajstić information content (AvgIpc) is 2.70. The lowest BCUT2D eigenvalue weighted by Gasteiger charge is -2.23. The number of ether oxygens (including phenoxy) is 2. The Labute approximate surface area is 194 Å². The third-order valence-electron chi connectivity index (χ3n) is 4.13. The molecule has 0 aromatic heterocycles. The number of amides is 1. The number of esters is 1. The molecular formula is C23H29N3O6S. The van der Waals surface area contributed by atoms with E-state index in [-0.39, 0.29) is 6.61 Å². The monoisotopic (exact) mass is 475 g/mol. The zero-order valence-electron chi connectivity index (χ0n) is 19.4. The highest BCUT2D eigenvalue weighted by Gasteiger charge is 2.22. The van der Waals surface area contributed by atoms with Gasteiger partial charge < -0.3 is 9.47 Å². The lowest BCUT2D eigenvalue weighted by atomic mass is 10.2. The lowest BCUT2D eigenvalue weighted by molar-refractivity contribution is -0.157. The molecule has 0 saturated heterocycles. The van der Waals surface area contributed by atoms with Crippen molar-refractivity contribution in [3.05, 3.63) is 59.7 Å². The number of anilines is 1. The van der Waals surface area contributed by atoms with Crippen molar-refractivity contribution in [1.82, 2.24) is 5.43 Å². The molecule has 0 heterocycles. The summed E-state index contributed by atoms with van der Waals surface area (Å²) in [4.78, 5) is 24.0. The molecule has 2 aromatic rings. The van der Waals surface area contributed by atoms with E-state index in [9.17, 15) is 18.0 Å². The van der Waals surface area contributed by atoms with E-state index in [0.717, 1.165) is 16.1 Å². The Hall–Kier alpha value is -3.40. The van der Waals surface area contributed by atoms with Crippen LogP contribution in [0.2, 0.25) is 0 Å². The SMILES string of the molecule is Cc1ccccc1N(CC(=O)N/N=C\c1ccc(OCC(=O)OC(C)(C)C)cc1)S(C)(=O)=O. The number of nitrogens with zero attached hydrogens (tertiary/aromatic N) is 2. The van der Waals surface area contributed by atoms with Gasteiger partial charge in [-0.1, -0.05) is 18.2 Å². The minimum absolute atomic E-state index is 0.210. The molecule has 0 aliphatic heterocycles. The summed E-state index contributed by atoms with van der Waals surface area (Å²) in [6.45, 7) is 6.49. The second-order valence-corrected chi connectivity index (χ2v) is 10.2. The molecule has 0 aliphatic carbocycles. The Morgan fingerprint density at radius 1 is 1.09 bits per heavy atom. The van der Waals surface area contributed by atoms with Crippen LogP contribution in [-0.2, 0) is 24.3 Å². The number of benzene rings is 2. The second kappa shape index (κ2) is 11.0. The van der Waals surface area contributed by atoms with Crippen LogP contribution in [-0.4, -0.2) is 51.5 Å². The zero-order valence-corrected chi connectivity index (χ0v) is 20.2. The molecular weight excluding hydrogens is 446 g/mol. The Morgan fingerprint density at radius 2 is 1.73 bits per heavy atom. The summed E-state index contributed by atoms with van der Waals surface area (Å²) in [7, 11) is -3.67. The summed E-state index contributed by atoms with van der Waals surface area (Å²) in [6.07, 6.45) is 2.45. The number of rotatable bonds is 9. The minimum Gasteiger partial charge on any atom is -0.482 e. The number of carbonyl (C=O) groups is 2. The molecule has 1 N–H and O–H groups in total. The molecule has 2 rings (SSSR count). The first-order valence-electron chi connectivity index (χ1n) is 10.1. The molecule has 0 unspecified atom stereocenters. The molecule has 0 bridgehead atoms. The van der Waals surface area contributed by atoms with Crippen molar-refractivity contribution >= 4 is 33.8 Å². The van der Waals surface area contributed by atoms with Gasteiger partial charge in [0.25, 0.3) is 5.91 Å². The van der Waals surface area contributed by atoms with Crippen LogP contribution in [0.4, 0.5) is 5.69 Å². The van der Waals surface area contributed by atoms with Crippen molar-refractivity contribution in [3.8, 4) is 5.75 Å². The molecule has 0 spiro atoms. The van der Waals surface area contributed by atoms with E-state index in [1.807, 2.05) is 0 Å². The standard InChI is InChI=1S/C23H29N3O6S/c1-17-8-6-7-9-20(17)26(33(5,29)30)15-21(27)25-24-14-18-10-12-19(13-11-18)31-16-22(28)32-23(2,3)4/h6-14H,15-16H2,1-5H3,(H,25,27)/b24-14-. The predicted molar refractivity (Wildman–Crippen MR) is 127 cm³/mol. The van der Waals surface area contributed by atoms with Gasteiger partial charge in [0, 0.05) is 0 Å². The van der Waals surface area contributed by atoms with E-state index in [2.05, 4.69) is 10.5 Å². The molecule has 0 aliphatic rings. The van der Waals surface area contributed by atoms with Crippen molar-refractivity contribution in [2.45, 2.75) is 33.3 Å². The quantitative estimate of drug-likeness (QED) is 0.339. The van der Waals surface area contributed by atoms with Crippen LogP contribution < -0.4 is 14.5 Å². The van der Waals surface area contributed by atoms with E-state index in [1.54, 1.807) is 76.2 Å². The maximum atomic E-state index is 12.3. The van der Waals surface area contributed by atoms with Crippen molar-refractivity contribution in [3.63, 3.8) is 0 Å².